The monoisotopic (exact) mass is 306 g/mol. The average Bonchev–Trinajstić information content (AvgIpc) is 2.41. The molecule has 21 heavy (non-hydrogen) atoms. The van der Waals surface area contributed by atoms with Gasteiger partial charge in [0, 0.05) is 5.69 Å². The molecule has 0 aromatic heterocycles. The van der Waals surface area contributed by atoms with E-state index < -0.39 is 16.0 Å². The number of carbonyl (C=O) groups is 1. The zero-order valence-electron chi connectivity index (χ0n) is 11.2. The van der Waals surface area contributed by atoms with Crippen molar-refractivity contribution in [2.24, 2.45) is 0 Å². The van der Waals surface area contributed by atoms with Crippen LogP contribution in [0.15, 0.2) is 47.4 Å². The number of anilines is 2. The van der Waals surface area contributed by atoms with Crippen LogP contribution in [-0.2, 0) is 10.0 Å². The molecule has 2 aromatic rings. The largest absolute Gasteiger partial charge is 0.478 e. The van der Waals surface area contributed by atoms with E-state index in [2.05, 4.69) is 4.72 Å². The summed E-state index contributed by atoms with van der Waals surface area (Å²) in [6, 6.07) is 10.3. The van der Waals surface area contributed by atoms with Crippen molar-refractivity contribution in [2.45, 2.75) is 11.8 Å². The van der Waals surface area contributed by atoms with Crippen LogP contribution in [0, 0.1) is 6.92 Å². The van der Waals surface area contributed by atoms with Crippen molar-refractivity contribution >= 4 is 27.4 Å². The molecule has 7 heteroatoms. The molecule has 0 fully saturated rings. The normalized spacial score (nSPS) is 11.1. The van der Waals surface area contributed by atoms with E-state index in [1.165, 1.54) is 24.3 Å². The third kappa shape index (κ3) is 3.14. The van der Waals surface area contributed by atoms with E-state index in [0.717, 1.165) is 0 Å². The molecule has 0 saturated carbocycles. The summed E-state index contributed by atoms with van der Waals surface area (Å²) in [6.07, 6.45) is 0. The number of carboxylic acid groups (broad SMARTS) is 1. The minimum atomic E-state index is -3.92. The molecule has 0 aliphatic rings. The third-order valence-electron chi connectivity index (χ3n) is 2.90. The van der Waals surface area contributed by atoms with Gasteiger partial charge in [0.15, 0.2) is 0 Å². The van der Waals surface area contributed by atoms with E-state index in [9.17, 15) is 13.2 Å². The Balaban J connectivity index is 2.48. The van der Waals surface area contributed by atoms with E-state index in [1.807, 2.05) is 0 Å². The van der Waals surface area contributed by atoms with Gasteiger partial charge in [-0.2, -0.15) is 0 Å². The molecule has 2 rings (SSSR count). The quantitative estimate of drug-likeness (QED) is 0.749. The highest BCUT2D eigenvalue weighted by atomic mass is 32.2. The number of rotatable bonds is 4. The highest BCUT2D eigenvalue weighted by molar-refractivity contribution is 7.92. The first-order valence-electron chi connectivity index (χ1n) is 6.02. The number of aryl methyl sites for hydroxylation is 1. The van der Waals surface area contributed by atoms with Crippen LogP contribution in [0.25, 0.3) is 0 Å². The number of sulfonamides is 1. The van der Waals surface area contributed by atoms with E-state index in [4.69, 9.17) is 10.8 Å². The van der Waals surface area contributed by atoms with Crippen molar-refractivity contribution in [1.29, 1.82) is 0 Å². The average molecular weight is 306 g/mol. The van der Waals surface area contributed by atoms with Crippen LogP contribution in [0.5, 0.6) is 0 Å². The topological polar surface area (TPSA) is 109 Å². The lowest BCUT2D eigenvalue weighted by Crippen LogP contribution is -2.16. The van der Waals surface area contributed by atoms with Crippen LogP contribution in [-0.4, -0.2) is 19.5 Å². The number of aromatic carboxylic acids is 1. The Bertz CT molecular complexity index is 800. The van der Waals surface area contributed by atoms with Gasteiger partial charge in [-0.25, -0.2) is 13.2 Å². The second kappa shape index (κ2) is 5.45. The first-order chi connectivity index (χ1) is 9.81. The molecule has 110 valence electrons. The number of nitrogen functional groups attached to an aromatic ring is 1. The lowest BCUT2D eigenvalue weighted by Gasteiger charge is -2.12. The van der Waals surface area contributed by atoms with Crippen molar-refractivity contribution in [1.82, 2.24) is 0 Å². The van der Waals surface area contributed by atoms with Crippen LogP contribution in [0.3, 0.4) is 0 Å². The standard InChI is InChI=1S/C14H14N2O4S/c1-9-6-7-10(15)8-13(9)21(19,20)16-12-5-3-2-4-11(12)14(17)18/h2-8,16H,15H2,1H3,(H,17,18). The zero-order chi connectivity index (χ0) is 15.6. The third-order valence-corrected chi connectivity index (χ3v) is 4.41. The summed E-state index contributed by atoms with van der Waals surface area (Å²) in [7, 11) is -3.92. The molecule has 0 heterocycles. The number of hydrogen-bond donors (Lipinski definition) is 3. The van der Waals surface area contributed by atoms with Crippen molar-refractivity contribution in [2.75, 3.05) is 10.5 Å². The lowest BCUT2D eigenvalue weighted by atomic mass is 10.2. The molecule has 0 aliphatic carbocycles. The molecular formula is C14H14N2O4S. The molecular weight excluding hydrogens is 292 g/mol. The SMILES string of the molecule is Cc1ccc(N)cc1S(=O)(=O)Nc1ccccc1C(=O)O. The summed E-state index contributed by atoms with van der Waals surface area (Å²) in [4.78, 5) is 11.1. The van der Waals surface area contributed by atoms with E-state index in [-0.39, 0.29) is 16.1 Å². The molecule has 0 radical (unpaired) electrons. The van der Waals surface area contributed by atoms with Gasteiger partial charge in [-0.1, -0.05) is 18.2 Å². The molecule has 0 unspecified atom stereocenters. The highest BCUT2D eigenvalue weighted by Gasteiger charge is 2.20. The summed E-state index contributed by atoms with van der Waals surface area (Å²) in [5.74, 6) is -1.21. The van der Waals surface area contributed by atoms with Gasteiger partial charge >= 0.3 is 5.97 Å². The van der Waals surface area contributed by atoms with Crippen LogP contribution in [0.4, 0.5) is 11.4 Å². The minimum absolute atomic E-state index is 0.00632. The van der Waals surface area contributed by atoms with Crippen molar-refractivity contribution in [3.63, 3.8) is 0 Å². The van der Waals surface area contributed by atoms with Gasteiger partial charge in [-0.05, 0) is 36.8 Å². The summed E-state index contributed by atoms with van der Waals surface area (Å²) in [5, 5.41) is 9.08. The van der Waals surface area contributed by atoms with Crippen molar-refractivity contribution in [3.05, 3.63) is 53.6 Å². The van der Waals surface area contributed by atoms with Crippen LogP contribution >= 0.6 is 0 Å². The second-order valence-electron chi connectivity index (χ2n) is 4.48. The molecule has 2 aromatic carbocycles. The van der Waals surface area contributed by atoms with Gasteiger partial charge in [-0.15, -0.1) is 0 Å². The molecule has 0 amide bonds. The van der Waals surface area contributed by atoms with Gasteiger partial charge in [0.25, 0.3) is 10.0 Å². The number of para-hydroxylation sites is 1. The molecule has 0 atom stereocenters. The first kappa shape index (κ1) is 14.9. The number of hydrogen-bond acceptors (Lipinski definition) is 4. The van der Waals surface area contributed by atoms with Gasteiger partial charge in [0.1, 0.15) is 0 Å². The summed E-state index contributed by atoms with van der Waals surface area (Å²) in [5.41, 5.74) is 6.32. The zero-order valence-corrected chi connectivity index (χ0v) is 12.0. The lowest BCUT2D eigenvalue weighted by molar-refractivity contribution is 0.0698. The van der Waals surface area contributed by atoms with Crippen molar-refractivity contribution < 1.29 is 18.3 Å². The second-order valence-corrected chi connectivity index (χ2v) is 6.13. The predicted octanol–water partition coefficient (Wildman–Crippen LogP) is 2.08. The van der Waals surface area contributed by atoms with E-state index in [0.29, 0.717) is 11.3 Å². The van der Waals surface area contributed by atoms with E-state index in [1.54, 1.807) is 25.1 Å². The summed E-state index contributed by atoms with van der Waals surface area (Å²) in [6.45, 7) is 1.64. The number of benzene rings is 2. The Kier molecular flexibility index (Phi) is 3.86. The molecule has 0 aliphatic heterocycles. The number of nitrogens with two attached hydrogens (primary N) is 1. The Morgan fingerprint density at radius 2 is 1.86 bits per heavy atom. The van der Waals surface area contributed by atoms with Crippen LogP contribution < -0.4 is 10.5 Å². The predicted molar refractivity (Wildman–Crippen MR) is 79.8 cm³/mol. The van der Waals surface area contributed by atoms with Crippen LogP contribution in [0.2, 0.25) is 0 Å². The maximum Gasteiger partial charge on any atom is 0.337 e. The van der Waals surface area contributed by atoms with Gasteiger partial charge < -0.3 is 10.8 Å². The fourth-order valence-corrected chi connectivity index (χ4v) is 3.23. The fourth-order valence-electron chi connectivity index (χ4n) is 1.86. The van der Waals surface area contributed by atoms with Gasteiger partial charge in [0.2, 0.25) is 0 Å². The maximum atomic E-state index is 12.4. The Labute approximate surface area is 122 Å². The Morgan fingerprint density at radius 1 is 1.19 bits per heavy atom. The fraction of sp³-hybridized carbons (Fsp3) is 0.0714. The molecule has 6 nitrogen and oxygen atoms in total. The number of nitrogens with one attached hydrogen (secondary N) is 1. The Morgan fingerprint density at radius 3 is 2.52 bits per heavy atom. The summed E-state index contributed by atoms with van der Waals surface area (Å²) >= 11 is 0. The van der Waals surface area contributed by atoms with Crippen molar-refractivity contribution in [3.8, 4) is 0 Å². The van der Waals surface area contributed by atoms with Gasteiger partial charge in [0.05, 0.1) is 16.1 Å². The Hall–Kier alpha value is -2.54. The minimum Gasteiger partial charge on any atom is -0.478 e. The van der Waals surface area contributed by atoms with E-state index >= 15 is 0 Å². The van der Waals surface area contributed by atoms with Crippen LogP contribution in [0.1, 0.15) is 15.9 Å². The van der Waals surface area contributed by atoms with Gasteiger partial charge in [-0.3, -0.25) is 4.72 Å². The maximum absolute atomic E-state index is 12.4. The number of carboxylic acids is 1. The molecule has 0 bridgehead atoms. The molecule has 4 N–H and O–H groups in total. The highest BCUT2D eigenvalue weighted by Crippen LogP contribution is 2.23. The smallest absolute Gasteiger partial charge is 0.337 e. The summed E-state index contributed by atoms with van der Waals surface area (Å²) < 4.78 is 27.1. The molecule has 0 saturated heterocycles. The molecule has 0 spiro atoms. The first-order valence-corrected chi connectivity index (χ1v) is 7.51.